The molecular formula is C28H26N4O4S2. The normalized spacial score (nSPS) is 13.3. The minimum atomic E-state index is -0.391. The molecule has 194 valence electrons. The molecule has 5 rings (SSSR count). The topological polar surface area (TPSA) is 103 Å². The summed E-state index contributed by atoms with van der Waals surface area (Å²) in [6.45, 7) is 3.12. The Labute approximate surface area is 227 Å². The number of aryl methyl sites for hydroxylation is 2. The number of carbonyl (C=O) groups is 2. The zero-order valence-corrected chi connectivity index (χ0v) is 22.7. The molecule has 10 heteroatoms. The smallest absolute Gasteiger partial charge is 0.308 e. The van der Waals surface area contributed by atoms with Gasteiger partial charge in [0.25, 0.3) is 11.5 Å². The Hall–Kier alpha value is -3.76. The Balaban J connectivity index is 1.36. The Kier molecular flexibility index (Phi) is 7.71. The van der Waals surface area contributed by atoms with Crippen molar-refractivity contribution in [2.75, 3.05) is 5.75 Å². The zero-order chi connectivity index (χ0) is 26.6. The molecule has 1 aliphatic carbocycles. The van der Waals surface area contributed by atoms with Crippen molar-refractivity contribution in [3.05, 3.63) is 81.0 Å². The molecule has 38 heavy (non-hydrogen) atoms. The molecule has 1 aliphatic rings. The van der Waals surface area contributed by atoms with E-state index < -0.39 is 5.97 Å². The number of amides is 1. The van der Waals surface area contributed by atoms with Crippen LogP contribution in [0.5, 0.6) is 5.75 Å². The fourth-order valence-corrected chi connectivity index (χ4v) is 6.50. The van der Waals surface area contributed by atoms with E-state index in [4.69, 9.17) is 9.72 Å². The number of thiophene rings is 1. The van der Waals surface area contributed by atoms with E-state index in [0.29, 0.717) is 22.0 Å². The molecule has 0 spiro atoms. The third-order valence-electron chi connectivity index (χ3n) is 6.19. The number of esters is 1. The molecule has 2 aromatic heterocycles. The van der Waals surface area contributed by atoms with E-state index in [-0.39, 0.29) is 17.2 Å². The van der Waals surface area contributed by atoms with E-state index in [2.05, 4.69) is 10.5 Å². The van der Waals surface area contributed by atoms with Crippen molar-refractivity contribution in [2.45, 2.75) is 44.7 Å². The fraction of sp³-hybridized carbons (Fsp3) is 0.250. The van der Waals surface area contributed by atoms with Gasteiger partial charge < -0.3 is 4.74 Å². The number of hydrazone groups is 1. The van der Waals surface area contributed by atoms with Crippen molar-refractivity contribution in [3.8, 4) is 11.4 Å². The summed E-state index contributed by atoms with van der Waals surface area (Å²) in [5, 5.41) is 5.39. The van der Waals surface area contributed by atoms with Gasteiger partial charge in [-0.3, -0.25) is 19.0 Å². The van der Waals surface area contributed by atoms with Crippen LogP contribution in [-0.2, 0) is 22.4 Å². The van der Waals surface area contributed by atoms with Crippen LogP contribution in [0.4, 0.5) is 0 Å². The lowest BCUT2D eigenvalue weighted by Gasteiger charge is -2.13. The van der Waals surface area contributed by atoms with Crippen molar-refractivity contribution in [2.24, 2.45) is 5.10 Å². The van der Waals surface area contributed by atoms with E-state index in [1.807, 2.05) is 30.3 Å². The average molecular weight is 547 g/mol. The number of rotatable bonds is 7. The first-order valence-electron chi connectivity index (χ1n) is 12.3. The maximum absolute atomic E-state index is 13.7. The second kappa shape index (κ2) is 11.3. The van der Waals surface area contributed by atoms with Crippen molar-refractivity contribution >= 4 is 50.9 Å². The van der Waals surface area contributed by atoms with Gasteiger partial charge in [0, 0.05) is 11.8 Å². The predicted molar refractivity (Wildman–Crippen MR) is 151 cm³/mol. The minimum absolute atomic E-state index is 0.0397. The van der Waals surface area contributed by atoms with Crippen LogP contribution in [0.3, 0.4) is 0 Å². The molecule has 1 amide bonds. The van der Waals surface area contributed by atoms with E-state index in [1.165, 1.54) is 23.6 Å². The van der Waals surface area contributed by atoms with Crippen molar-refractivity contribution in [1.29, 1.82) is 0 Å². The van der Waals surface area contributed by atoms with Gasteiger partial charge in [-0.25, -0.2) is 10.4 Å². The highest BCUT2D eigenvalue weighted by Crippen LogP contribution is 2.35. The molecule has 0 radical (unpaired) electrons. The molecule has 8 nitrogen and oxygen atoms in total. The summed E-state index contributed by atoms with van der Waals surface area (Å²) in [4.78, 5) is 44.4. The van der Waals surface area contributed by atoms with Gasteiger partial charge >= 0.3 is 5.97 Å². The van der Waals surface area contributed by atoms with E-state index in [1.54, 1.807) is 47.1 Å². The lowest BCUT2D eigenvalue weighted by atomic mass is 9.97. The molecule has 1 N–H and O–H groups in total. The largest absolute Gasteiger partial charge is 0.427 e. The second-order valence-electron chi connectivity index (χ2n) is 8.90. The fourth-order valence-electron chi connectivity index (χ4n) is 4.39. The lowest BCUT2D eigenvalue weighted by Crippen LogP contribution is -2.24. The van der Waals surface area contributed by atoms with Gasteiger partial charge in [0.2, 0.25) is 0 Å². The van der Waals surface area contributed by atoms with Gasteiger partial charge in [-0.05, 0) is 80.1 Å². The van der Waals surface area contributed by atoms with Crippen LogP contribution in [0.1, 0.15) is 42.7 Å². The predicted octanol–water partition coefficient (Wildman–Crippen LogP) is 4.88. The van der Waals surface area contributed by atoms with Gasteiger partial charge in [0.05, 0.1) is 22.5 Å². The molecule has 2 aromatic carbocycles. The summed E-state index contributed by atoms with van der Waals surface area (Å²) in [6.07, 6.45) is 4.09. The first kappa shape index (κ1) is 25.9. The second-order valence-corrected chi connectivity index (χ2v) is 10.9. The SMILES string of the molecule is CC(=O)Oc1ccc(/C(C)=N/NC(=O)CSc2nc3sc4c(c3c(=O)n2-c2ccccc2)CCCC4)cc1. The molecule has 0 unspecified atom stereocenters. The van der Waals surface area contributed by atoms with E-state index >= 15 is 0 Å². The van der Waals surface area contributed by atoms with E-state index in [0.717, 1.165) is 47.3 Å². The minimum Gasteiger partial charge on any atom is -0.427 e. The Morgan fingerprint density at radius 2 is 1.82 bits per heavy atom. The average Bonchev–Trinajstić information content (AvgIpc) is 3.30. The Morgan fingerprint density at radius 3 is 2.55 bits per heavy atom. The summed E-state index contributed by atoms with van der Waals surface area (Å²) in [6, 6.07) is 16.3. The lowest BCUT2D eigenvalue weighted by molar-refractivity contribution is -0.131. The maximum Gasteiger partial charge on any atom is 0.308 e. The molecule has 2 heterocycles. The molecular weight excluding hydrogens is 520 g/mol. The third-order valence-corrected chi connectivity index (χ3v) is 8.31. The molecule has 0 bridgehead atoms. The molecule has 0 atom stereocenters. The summed E-state index contributed by atoms with van der Waals surface area (Å²) in [7, 11) is 0. The number of para-hydroxylation sites is 1. The number of thioether (sulfide) groups is 1. The van der Waals surface area contributed by atoms with Crippen LogP contribution in [0.25, 0.3) is 15.9 Å². The number of ether oxygens (including phenoxy) is 1. The third kappa shape index (κ3) is 5.56. The summed E-state index contributed by atoms with van der Waals surface area (Å²) in [5.74, 6) is -0.226. The number of benzene rings is 2. The standard InChI is InChI=1S/C28H26N4O4S2/c1-17(19-12-14-21(15-13-19)36-18(2)33)30-31-24(34)16-37-28-29-26-25(22-10-6-7-11-23(22)38-26)27(35)32(28)20-8-4-3-5-9-20/h3-5,8-9,12-15H,6-7,10-11,16H2,1-2H3,(H,31,34)/b30-17+. The number of nitrogens with one attached hydrogen (secondary N) is 1. The highest BCUT2D eigenvalue weighted by Gasteiger charge is 2.23. The highest BCUT2D eigenvalue weighted by atomic mass is 32.2. The Morgan fingerprint density at radius 1 is 1.08 bits per heavy atom. The van der Waals surface area contributed by atoms with Gasteiger partial charge in [-0.15, -0.1) is 11.3 Å². The molecule has 0 saturated heterocycles. The van der Waals surface area contributed by atoms with Gasteiger partial charge in [-0.2, -0.15) is 5.10 Å². The van der Waals surface area contributed by atoms with Crippen molar-refractivity contribution in [3.63, 3.8) is 0 Å². The first-order chi connectivity index (χ1) is 18.4. The summed E-state index contributed by atoms with van der Waals surface area (Å²) < 4.78 is 6.65. The number of hydrogen-bond donors (Lipinski definition) is 1. The molecule has 4 aromatic rings. The van der Waals surface area contributed by atoms with Crippen LogP contribution >= 0.6 is 23.1 Å². The molecule has 0 fully saturated rings. The summed E-state index contributed by atoms with van der Waals surface area (Å²) >= 11 is 2.80. The molecule has 0 aliphatic heterocycles. The number of aromatic nitrogens is 2. The van der Waals surface area contributed by atoms with Crippen molar-refractivity contribution in [1.82, 2.24) is 15.0 Å². The summed E-state index contributed by atoms with van der Waals surface area (Å²) in [5.41, 5.74) is 5.73. The highest BCUT2D eigenvalue weighted by molar-refractivity contribution is 7.99. The Bertz CT molecular complexity index is 1590. The number of nitrogens with zero attached hydrogens (tertiary/aromatic N) is 3. The molecule has 0 saturated carbocycles. The quantitative estimate of drug-likeness (QED) is 0.0885. The van der Waals surface area contributed by atoms with Crippen LogP contribution in [0, 0.1) is 0 Å². The number of hydrogen-bond acceptors (Lipinski definition) is 8. The van der Waals surface area contributed by atoms with Gasteiger partial charge in [0.15, 0.2) is 5.16 Å². The van der Waals surface area contributed by atoms with Crippen molar-refractivity contribution < 1.29 is 14.3 Å². The monoisotopic (exact) mass is 546 g/mol. The van der Waals surface area contributed by atoms with Crippen LogP contribution in [0.2, 0.25) is 0 Å². The van der Waals surface area contributed by atoms with Crippen LogP contribution < -0.4 is 15.7 Å². The van der Waals surface area contributed by atoms with E-state index in [9.17, 15) is 14.4 Å². The van der Waals surface area contributed by atoms with Gasteiger partial charge in [0.1, 0.15) is 10.6 Å². The first-order valence-corrected chi connectivity index (χ1v) is 14.1. The van der Waals surface area contributed by atoms with Gasteiger partial charge in [-0.1, -0.05) is 30.0 Å². The number of carbonyl (C=O) groups excluding carboxylic acids is 2. The van der Waals surface area contributed by atoms with Crippen LogP contribution in [-0.4, -0.2) is 32.9 Å². The maximum atomic E-state index is 13.7. The zero-order valence-electron chi connectivity index (χ0n) is 21.0. The number of fused-ring (bicyclic) bond motifs is 3. The van der Waals surface area contributed by atoms with Crippen LogP contribution in [0.15, 0.2) is 69.6 Å².